The molecule has 0 spiro atoms. The van der Waals surface area contributed by atoms with Gasteiger partial charge in [-0.2, -0.15) is 0 Å². The third kappa shape index (κ3) is 2.88. The Labute approximate surface area is 162 Å². The van der Waals surface area contributed by atoms with Gasteiger partial charge >= 0.3 is 0 Å². The summed E-state index contributed by atoms with van der Waals surface area (Å²) in [6.45, 7) is 2.93. The molecule has 0 heterocycles. The van der Waals surface area contributed by atoms with E-state index in [0.29, 0.717) is 24.2 Å². The van der Waals surface area contributed by atoms with Gasteiger partial charge in [-0.3, -0.25) is 4.79 Å². The second kappa shape index (κ2) is 6.65. The van der Waals surface area contributed by atoms with Crippen LogP contribution in [0.3, 0.4) is 0 Å². The predicted octanol–water partition coefficient (Wildman–Crippen LogP) is 5.84. The van der Waals surface area contributed by atoms with Crippen molar-refractivity contribution in [3.8, 4) is 0 Å². The lowest BCUT2D eigenvalue weighted by Gasteiger charge is -2.50. The van der Waals surface area contributed by atoms with Crippen LogP contribution in [-0.2, 0) is 16.1 Å². The molecule has 0 N–H and O–H groups in total. The molecular formula is C25H30O2. The van der Waals surface area contributed by atoms with Crippen molar-refractivity contribution >= 4 is 5.78 Å². The number of ketones is 1. The average molecular weight is 363 g/mol. The summed E-state index contributed by atoms with van der Waals surface area (Å²) in [6.07, 6.45) is 12.5. The SMILES string of the molecule is C[C@]12CC[C@H]3[C@@H](CC=C4C=C(OCc5ccccc5)CC[C@@H]43)[C@@H]1CCC2=O. The van der Waals surface area contributed by atoms with Crippen molar-refractivity contribution in [2.45, 2.75) is 58.5 Å². The summed E-state index contributed by atoms with van der Waals surface area (Å²) in [7, 11) is 0. The Morgan fingerprint density at radius 1 is 1.07 bits per heavy atom. The van der Waals surface area contributed by atoms with E-state index in [4.69, 9.17) is 4.74 Å². The first-order valence-electron chi connectivity index (χ1n) is 10.8. The summed E-state index contributed by atoms with van der Waals surface area (Å²) in [6, 6.07) is 10.4. The van der Waals surface area contributed by atoms with E-state index in [1.807, 2.05) is 6.07 Å². The molecule has 0 unspecified atom stereocenters. The van der Waals surface area contributed by atoms with Crippen LogP contribution < -0.4 is 0 Å². The zero-order valence-corrected chi connectivity index (χ0v) is 16.3. The molecule has 4 aliphatic rings. The molecular weight excluding hydrogens is 332 g/mol. The molecule has 27 heavy (non-hydrogen) atoms. The van der Waals surface area contributed by atoms with E-state index in [1.54, 1.807) is 0 Å². The van der Waals surface area contributed by atoms with Gasteiger partial charge in [-0.05, 0) is 73.0 Å². The molecule has 1 aromatic rings. The molecule has 2 saturated carbocycles. The topological polar surface area (TPSA) is 26.3 Å². The van der Waals surface area contributed by atoms with Crippen LogP contribution in [-0.4, -0.2) is 5.78 Å². The van der Waals surface area contributed by atoms with Crippen molar-refractivity contribution < 1.29 is 9.53 Å². The largest absolute Gasteiger partial charge is 0.493 e. The van der Waals surface area contributed by atoms with Crippen LogP contribution in [0.2, 0.25) is 0 Å². The Balaban J connectivity index is 1.32. The molecule has 5 rings (SSSR count). The molecule has 0 radical (unpaired) electrons. The number of hydrogen-bond donors (Lipinski definition) is 0. The van der Waals surface area contributed by atoms with Crippen LogP contribution in [0.5, 0.6) is 0 Å². The van der Waals surface area contributed by atoms with Crippen molar-refractivity contribution in [1.29, 1.82) is 0 Å². The van der Waals surface area contributed by atoms with E-state index in [1.165, 1.54) is 24.0 Å². The molecule has 142 valence electrons. The van der Waals surface area contributed by atoms with Crippen molar-refractivity contribution in [3.05, 3.63) is 59.4 Å². The van der Waals surface area contributed by atoms with E-state index in [-0.39, 0.29) is 5.41 Å². The monoisotopic (exact) mass is 362 g/mol. The fourth-order valence-corrected chi connectivity index (χ4v) is 6.56. The molecule has 2 heteroatoms. The first-order chi connectivity index (χ1) is 13.1. The van der Waals surface area contributed by atoms with E-state index in [9.17, 15) is 4.79 Å². The second-order valence-electron chi connectivity index (χ2n) is 9.32. The Bertz CT molecular complexity index is 790. The van der Waals surface area contributed by atoms with Gasteiger partial charge in [0.05, 0.1) is 5.76 Å². The molecule has 0 aliphatic heterocycles. The minimum atomic E-state index is -0.0129. The fraction of sp³-hybridized carbons (Fsp3) is 0.560. The van der Waals surface area contributed by atoms with Gasteiger partial charge in [0.25, 0.3) is 0 Å². The molecule has 4 aliphatic carbocycles. The predicted molar refractivity (Wildman–Crippen MR) is 107 cm³/mol. The molecule has 5 atom stereocenters. The van der Waals surface area contributed by atoms with E-state index < -0.39 is 0 Å². The summed E-state index contributed by atoms with van der Waals surface area (Å²) < 4.78 is 6.13. The first-order valence-corrected chi connectivity index (χ1v) is 10.8. The lowest BCUT2D eigenvalue weighted by atomic mass is 9.53. The van der Waals surface area contributed by atoms with Crippen molar-refractivity contribution in [1.82, 2.24) is 0 Å². The average Bonchev–Trinajstić information content (AvgIpc) is 3.01. The number of fused-ring (bicyclic) bond motifs is 5. The first kappa shape index (κ1) is 17.3. The highest BCUT2D eigenvalue weighted by molar-refractivity contribution is 5.87. The Kier molecular flexibility index (Phi) is 4.26. The van der Waals surface area contributed by atoms with Crippen LogP contribution >= 0.6 is 0 Å². The normalized spacial score (nSPS) is 37.6. The van der Waals surface area contributed by atoms with Gasteiger partial charge in [0, 0.05) is 18.3 Å². The molecule has 0 saturated heterocycles. The number of Topliss-reactive ketones (excluding diaryl/α,β-unsaturated/α-hetero) is 1. The second-order valence-corrected chi connectivity index (χ2v) is 9.32. The Morgan fingerprint density at radius 3 is 2.78 bits per heavy atom. The highest BCUT2D eigenvalue weighted by Gasteiger charge is 2.55. The molecule has 2 fully saturated rings. The summed E-state index contributed by atoms with van der Waals surface area (Å²) in [5, 5.41) is 0. The third-order valence-electron chi connectivity index (χ3n) is 8.07. The van der Waals surface area contributed by atoms with Crippen LogP contribution in [0.15, 0.2) is 53.8 Å². The minimum absolute atomic E-state index is 0.0129. The number of carbonyl (C=O) groups is 1. The van der Waals surface area contributed by atoms with Crippen LogP contribution in [0.1, 0.15) is 57.4 Å². The van der Waals surface area contributed by atoms with Gasteiger partial charge in [-0.15, -0.1) is 0 Å². The summed E-state index contributed by atoms with van der Waals surface area (Å²) in [4.78, 5) is 12.5. The number of carbonyl (C=O) groups excluding carboxylic acids is 1. The molecule has 0 aromatic heterocycles. The molecule has 2 nitrogen and oxygen atoms in total. The van der Waals surface area contributed by atoms with Gasteiger partial charge in [0.2, 0.25) is 0 Å². The molecule has 0 amide bonds. The standard InChI is InChI=1S/C25H30O2/c1-25-14-13-21-20-10-8-19(27-16-17-5-3-2-4-6-17)15-18(20)7-9-22(21)23(25)11-12-24(25)26/h2-7,15,20-23H,8-14,16H2,1H3/t20-,21+,22+,23-,25-/m0/s1. The van der Waals surface area contributed by atoms with Gasteiger partial charge < -0.3 is 4.74 Å². The highest BCUT2D eigenvalue weighted by Crippen LogP contribution is 2.59. The number of ether oxygens (including phenoxy) is 1. The van der Waals surface area contributed by atoms with Gasteiger partial charge in [0.15, 0.2) is 0 Å². The highest BCUT2D eigenvalue weighted by atomic mass is 16.5. The van der Waals surface area contributed by atoms with Gasteiger partial charge in [-0.25, -0.2) is 0 Å². The van der Waals surface area contributed by atoms with E-state index in [0.717, 1.165) is 49.7 Å². The molecule has 0 bridgehead atoms. The lowest BCUT2D eigenvalue weighted by molar-refractivity contribution is -0.130. The maximum atomic E-state index is 12.5. The summed E-state index contributed by atoms with van der Waals surface area (Å²) >= 11 is 0. The van der Waals surface area contributed by atoms with Crippen molar-refractivity contribution in [3.63, 3.8) is 0 Å². The van der Waals surface area contributed by atoms with E-state index >= 15 is 0 Å². The third-order valence-corrected chi connectivity index (χ3v) is 8.07. The Hall–Kier alpha value is -1.83. The van der Waals surface area contributed by atoms with Crippen LogP contribution in [0.4, 0.5) is 0 Å². The van der Waals surface area contributed by atoms with Crippen LogP contribution in [0.25, 0.3) is 0 Å². The zero-order chi connectivity index (χ0) is 18.4. The van der Waals surface area contributed by atoms with Gasteiger partial charge in [0.1, 0.15) is 12.4 Å². The maximum absolute atomic E-state index is 12.5. The van der Waals surface area contributed by atoms with E-state index in [2.05, 4.69) is 43.3 Å². The maximum Gasteiger partial charge on any atom is 0.139 e. The smallest absolute Gasteiger partial charge is 0.139 e. The lowest BCUT2D eigenvalue weighted by Crippen LogP contribution is -2.45. The number of allylic oxidation sites excluding steroid dienone is 4. The number of benzene rings is 1. The zero-order valence-electron chi connectivity index (χ0n) is 16.3. The Morgan fingerprint density at radius 2 is 1.93 bits per heavy atom. The number of hydrogen-bond acceptors (Lipinski definition) is 2. The summed E-state index contributed by atoms with van der Waals surface area (Å²) in [5.41, 5.74) is 2.73. The minimum Gasteiger partial charge on any atom is -0.493 e. The molecule has 1 aromatic carbocycles. The number of rotatable bonds is 3. The van der Waals surface area contributed by atoms with Crippen molar-refractivity contribution in [2.75, 3.05) is 0 Å². The fourth-order valence-electron chi connectivity index (χ4n) is 6.56. The van der Waals surface area contributed by atoms with Crippen molar-refractivity contribution in [2.24, 2.45) is 29.1 Å². The quantitative estimate of drug-likeness (QED) is 0.675. The van der Waals surface area contributed by atoms with Gasteiger partial charge in [-0.1, -0.05) is 43.3 Å². The summed E-state index contributed by atoms with van der Waals surface area (Å²) in [5.74, 6) is 4.51. The van der Waals surface area contributed by atoms with Crippen LogP contribution in [0, 0.1) is 29.1 Å².